The molecule has 0 saturated carbocycles. The van der Waals surface area contributed by atoms with E-state index >= 15 is 0 Å². The van der Waals surface area contributed by atoms with E-state index in [0.29, 0.717) is 23.6 Å². The van der Waals surface area contributed by atoms with Gasteiger partial charge >= 0.3 is 0 Å². The molecule has 0 aromatic heterocycles. The number of hydrogen-bond donors (Lipinski definition) is 2. The molecular weight excluding hydrogens is 243 g/mol. The lowest BCUT2D eigenvalue weighted by atomic mass is 10.2. The van der Waals surface area contributed by atoms with Crippen molar-refractivity contribution in [2.24, 2.45) is 0 Å². The molecule has 0 aliphatic carbocycles. The highest BCUT2D eigenvalue weighted by molar-refractivity contribution is 5.77. The number of ether oxygens (including phenoxy) is 1. The first kappa shape index (κ1) is 13.2. The largest absolute Gasteiger partial charge is 0.492 e. The van der Waals surface area contributed by atoms with Crippen LogP contribution in [0.25, 0.3) is 0 Å². The van der Waals surface area contributed by atoms with Gasteiger partial charge in [0.15, 0.2) is 0 Å². The van der Waals surface area contributed by atoms with Crippen molar-refractivity contribution in [3.63, 3.8) is 0 Å². The van der Waals surface area contributed by atoms with Crippen LogP contribution < -0.4 is 15.8 Å². The number of anilines is 3. The summed E-state index contributed by atoms with van der Waals surface area (Å²) in [4.78, 5) is 0. The fourth-order valence-corrected chi connectivity index (χ4v) is 1.81. The predicted octanol–water partition coefficient (Wildman–Crippen LogP) is 3.86. The number of nitrogen functional groups attached to an aromatic ring is 1. The van der Waals surface area contributed by atoms with Gasteiger partial charge in [-0.05, 0) is 49.7 Å². The molecule has 2 rings (SSSR count). The molecule has 0 radical (unpaired) electrons. The normalized spacial score (nSPS) is 10.3. The van der Waals surface area contributed by atoms with E-state index in [9.17, 15) is 4.39 Å². The number of halogens is 1. The summed E-state index contributed by atoms with van der Waals surface area (Å²) in [5.74, 6) is 0.424. The quantitative estimate of drug-likeness (QED) is 0.821. The van der Waals surface area contributed by atoms with Crippen LogP contribution in [0.5, 0.6) is 5.75 Å². The lowest BCUT2D eigenvalue weighted by Crippen LogP contribution is -2.01. The maximum absolute atomic E-state index is 13.2. The Bertz CT molecular complexity index is 584. The van der Waals surface area contributed by atoms with Gasteiger partial charge in [0.25, 0.3) is 0 Å². The monoisotopic (exact) mass is 260 g/mol. The van der Waals surface area contributed by atoms with Crippen molar-refractivity contribution in [1.29, 1.82) is 0 Å². The molecule has 0 fully saturated rings. The van der Waals surface area contributed by atoms with Crippen LogP contribution in [0.1, 0.15) is 12.5 Å². The third-order valence-corrected chi connectivity index (χ3v) is 2.80. The van der Waals surface area contributed by atoms with Crippen molar-refractivity contribution < 1.29 is 9.13 Å². The molecule has 0 amide bonds. The summed E-state index contributed by atoms with van der Waals surface area (Å²) in [6.07, 6.45) is 0. The van der Waals surface area contributed by atoms with Gasteiger partial charge in [0.2, 0.25) is 0 Å². The highest BCUT2D eigenvalue weighted by atomic mass is 19.1. The summed E-state index contributed by atoms with van der Waals surface area (Å²) in [6.45, 7) is 4.19. The Hall–Kier alpha value is -2.23. The Kier molecular flexibility index (Phi) is 3.90. The van der Waals surface area contributed by atoms with Gasteiger partial charge < -0.3 is 15.8 Å². The van der Waals surface area contributed by atoms with Gasteiger partial charge in [0, 0.05) is 5.69 Å². The number of aryl methyl sites for hydroxylation is 1. The van der Waals surface area contributed by atoms with E-state index < -0.39 is 0 Å². The van der Waals surface area contributed by atoms with E-state index in [1.807, 2.05) is 25.1 Å². The Labute approximate surface area is 112 Å². The van der Waals surface area contributed by atoms with Gasteiger partial charge in [-0.25, -0.2) is 4.39 Å². The SMILES string of the molecule is CCOc1cccc(Nc2ccc(F)c(C)c2)c1N. The summed E-state index contributed by atoms with van der Waals surface area (Å²) in [6, 6.07) is 10.4. The van der Waals surface area contributed by atoms with Crippen LogP contribution in [0.4, 0.5) is 21.5 Å². The second-order valence-electron chi connectivity index (χ2n) is 4.24. The van der Waals surface area contributed by atoms with Crippen molar-refractivity contribution in [3.05, 3.63) is 47.8 Å². The third-order valence-electron chi connectivity index (χ3n) is 2.80. The van der Waals surface area contributed by atoms with Crippen molar-refractivity contribution in [2.75, 3.05) is 17.7 Å². The molecule has 2 aromatic rings. The first-order chi connectivity index (χ1) is 9.11. The van der Waals surface area contributed by atoms with Gasteiger partial charge in [-0.1, -0.05) is 6.07 Å². The molecule has 0 bridgehead atoms. The number of benzene rings is 2. The molecule has 100 valence electrons. The zero-order chi connectivity index (χ0) is 13.8. The molecule has 4 heteroatoms. The summed E-state index contributed by atoms with van der Waals surface area (Å²) in [7, 11) is 0. The fraction of sp³-hybridized carbons (Fsp3) is 0.200. The third kappa shape index (κ3) is 2.96. The Morgan fingerprint density at radius 3 is 2.74 bits per heavy atom. The second-order valence-corrected chi connectivity index (χ2v) is 4.24. The molecule has 0 atom stereocenters. The van der Waals surface area contributed by atoms with E-state index in [1.54, 1.807) is 19.1 Å². The van der Waals surface area contributed by atoms with E-state index in [4.69, 9.17) is 10.5 Å². The van der Waals surface area contributed by atoms with Crippen LogP contribution >= 0.6 is 0 Å². The van der Waals surface area contributed by atoms with Crippen LogP contribution in [0.3, 0.4) is 0 Å². The van der Waals surface area contributed by atoms with E-state index in [0.717, 1.165) is 11.4 Å². The first-order valence-electron chi connectivity index (χ1n) is 6.16. The summed E-state index contributed by atoms with van der Waals surface area (Å²) in [5.41, 5.74) is 8.70. The van der Waals surface area contributed by atoms with Crippen molar-refractivity contribution in [2.45, 2.75) is 13.8 Å². The van der Waals surface area contributed by atoms with Gasteiger partial charge in [0.1, 0.15) is 11.6 Å². The van der Waals surface area contributed by atoms with Crippen LogP contribution in [0.2, 0.25) is 0 Å². The van der Waals surface area contributed by atoms with Crippen LogP contribution in [-0.4, -0.2) is 6.61 Å². The van der Waals surface area contributed by atoms with E-state index in [1.165, 1.54) is 6.07 Å². The lowest BCUT2D eigenvalue weighted by Gasteiger charge is -2.13. The molecular formula is C15H17FN2O. The molecule has 0 spiro atoms. The highest BCUT2D eigenvalue weighted by Gasteiger charge is 2.06. The number of rotatable bonds is 4. The highest BCUT2D eigenvalue weighted by Crippen LogP contribution is 2.31. The average molecular weight is 260 g/mol. The van der Waals surface area contributed by atoms with Gasteiger partial charge in [-0.2, -0.15) is 0 Å². The predicted molar refractivity (Wildman–Crippen MR) is 76.4 cm³/mol. The maximum atomic E-state index is 13.2. The number of para-hydroxylation sites is 1. The summed E-state index contributed by atoms with van der Waals surface area (Å²) in [5, 5.41) is 3.17. The zero-order valence-electron chi connectivity index (χ0n) is 11.0. The summed E-state index contributed by atoms with van der Waals surface area (Å²) >= 11 is 0. The fourth-order valence-electron chi connectivity index (χ4n) is 1.81. The maximum Gasteiger partial charge on any atom is 0.144 e. The molecule has 3 nitrogen and oxygen atoms in total. The van der Waals surface area contributed by atoms with Gasteiger partial charge in [-0.3, -0.25) is 0 Å². The molecule has 0 heterocycles. The van der Waals surface area contributed by atoms with Crippen molar-refractivity contribution in [3.8, 4) is 5.75 Å². The van der Waals surface area contributed by atoms with E-state index in [2.05, 4.69) is 5.32 Å². The van der Waals surface area contributed by atoms with Gasteiger partial charge in [-0.15, -0.1) is 0 Å². The Morgan fingerprint density at radius 2 is 2.05 bits per heavy atom. The molecule has 3 N–H and O–H groups in total. The molecule has 0 aliphatic heterocycles. The van der Waals surface area contributed by atoms with Crippen LogP contribution in [0, 0.1) is 12.7 Å². The van der Waals surface area contributed by atoms with Crippen LogP contribution in [-0.2, 0) is 0 Å². The number of nitrogens with two attached hydrogens (primary N) is 1. The first-order valence-corrected chi connectivity index (χ1v) is 6.16. The minimum atomic E-state index is -0.221. The van der Waals surface area contributed by atoms with Crippen molar-refractivity contribution in [1.82, 2.24) is 0 Å². The number of nitrogens with one attached hydrogen (secondary N) is 1. The topological polar surface area (TPSA) is 47.3 Å². The zero-order valence-corrected chi connectivity index (χ0v) is 11.0. The van der Waals surface area contributed by atoms with E-state index in [-0.39, 0.29) is 5.82 Å². The molecule has 0 unspecified atom stereocenters. The number of hydrogen-bond acceptors (Lipinski definition) is 3. The van der Waals surface area contributed by atoms with Crippen molar-refractivity contribution >= 4 is 17.1 Å². The standard InChI is InChI=1S/C15H17FN2O/c1-3-19-14-6-4-5-13(15(14)17)18-11-7-8-12(16)10(2)9-11/h4-9,18H,3,17H2,1-2H3. The Balaban J connectivity index is 2.27. The molecule has 0 saturated heterocycles. The minimum absolute atomic E-state index is 0.221. The second kappa shape index (κ2) is 5.61. The molecule has 2 aromatic carbocycles. The van der Waals surface area contributed by atoms with Crippen LogP contribution in [0.15, 0.2) is 36.4 Å². The molecule has 0 aliphatic rings. The smallest absolute Gasteiger partial charge is 0.144 e. The Morgan fingerprint density at radius 1 is 1.26 bits per heavy atom. The van der Waals surface area contributed by atoms with Gasteiger partial charge in [0.05, 0.1) is 18.0 Å². The molecule has 19 heavy (non-hydrogen) atoms. The minimum Gasteiger partial charge on any atom is -0.492 e. The average Bonchev–Trinajstić information content (AvgIpc) is 2.39. The summed E-state index contributed by atoms with van der Waals surface area (Å²) < 4.78 is 18.6. The lowest BCUT2D eigenvalue weighted by molar-refractivity contribution is 0.342.